The molecule has 2 N–H and O–H groups in total. The van der Waals surface area contributed by atoms with E-state index in [9.17, 15) is 9.18 Å². The fraction of sp³-hybridized carbons (Fsp3) is 0.433. The Hall–Kier alpha value is -3.50. The van der Waals surface area contributed by atoms with Gasteiger partial charge in [-0.2, -0.15) is 0 Å². The van der Waals surface area contributed by atoms with Crippen LogP contribution in [0.15, 0.2) is 36.7 Å². The lowest BCUT2D eigenvalue weighted by Crippen LogP contribution is -2.54. The van der Waals surface area contributed by atoms with Crippen LogP contribution in [0.25, 0.3) is 11.1 Å². The van der Waals surface area contributed by atoms with Crippen LogP contribution in [0.2, 0.25) is 10.0 Å². The zero-order valence-corrected chi connectivity index (χ0v) is 26.1. The molecule has 2 atom stereocenters. The normalized spacial score (nSPS) is 16.3. The Morgan fingerprint density at radius 2 is 1.90 bits per heavy atom. The highest BCUT2D eigenvalue weighted by Crippen LogP contribution is 2.39. The summed E-state index contributed by atoms with van der Waals surface area (Å²) in [6, 6.07) is 6.23. The highest BCUT2D eigenvalue weighted by Gasteiger charge is 2.31. The number of carbonyl (C=O) groups is 1. The van der Waals surface area contributed by atoms with E-state index in [4.69, 9.17) is 48.1 Å². The van der Waals surface area contributed by atoms with E-state index in [1.807, 2.05) is 40.7 Å². The predicted octanol–water partition coefficient (Wildman–Crippen LogP) is 7.16. The molecule has 12 heteroatoms. The Balaban J connectivity index is 1.58. The van der Waals surface area contributed by atoms with E-state index < -0.39 is 17.5 Å². The lowest BCUT2D eigenvalue weighted by atomic mass is 10.1. The zero-order chi connectivity index (χ0) is 30.8. The Kier molecular flexibility index (Phi) is 9.57. The SMILES string of the molecule is CCOc1cc(N2CCN(C(=O)OC(C)(C)C)CC2C)ncc1-c1cnc(N)c(O[C@H](C)c2c(Cl)ccc(F)c2Cl)c1. The van der Waals surface area contributed by atoms with Crippen LogP contribution < -0.4 is 20.1 Å². The van der Waals surface area contributed by atoms with E-state index >= 15 is 0 Å². The van der Waals surface area contributed by atoms with Gasteiger partial charge in [0, 0.05) is 65.8 Å². The van der Waals surface area contributed by atoms with Gasteiger partial charge in [-0.25, -0.2) is 19.2 Å². The molecule has 1 saturated heterocycles. The van der Waals surface area contributed by atoms with Crippen molar-refractivity contribution in [2.45, 2.75) is 59.3 Å². The molecule has 0 spiro atoms. The number of halogens is 3. The minimum absolute atomic E-state index is 0.000229. The molecular formula is C30H36Cl2FN5O4. The summed E-state index contributed by atoms with van der Waals surface area (Å²) in [4.78, 5) is 25.5. The average molecular weight is 621 g/mol. The van der Waals surface area contributed by atoms with E-state index in [0.29, 0.717) is 48.7 Å². The van der Waals surface area contributed by atoms with Crippen molar-refractivity contribution in [2.75, 3.05) is 36.9 Å². The minimum atomic E-state index is -0.715. The number of rotatable bonds is 7. The second-order valence-corrected chi connectivity index (χ2v) is 11.8. The highest BCUT2D eigenvalue weighted by atomic mass is 35.5. The summed E-state index contributed by atoms with van der Waals surface area (Å²) >= 11 is 12.5. The first-order chi connectivity index (χ1) is 19.8. The van der Waals surface area contributed by atoms with Gasteiger partial charge in [0.05, 0.1) is 11.6 Å². The van der Waals surface area contributed by atoms with Crippen molar-refractivity contribution in [3.63, 3.8) is 0 Å². The van der Waals surface area contributed by atoms with Crippen molar-refractivity contribution in [1.29, 1.82) is 0 Å². The molecule has 1 aromatic carbocycles. The van der Waals surface area contributed by atoms with Crippen molar-refractivity contribution in [3.05, 3.63) is 58.1 Å². The molecule has 9 nitrogen and oxygen atoms in total. The molecule has 2 aromatic heterocycles. The minimum Gasteiger partial charge on any atom is -0.493 e. The summed E-state index contributed by atoms with van der Waals surface area (Å²) < 4.78 is 31.7. The molecule has 3 aromatic rings. The van der Waals surface area contributed by atoms with Crippen molar-refractivity contribution in [1.82, 2.24) is 14.9 Å². The number of carbonyl (C=O) groups excluding carboxylic acids is 1. The van der Waals surface area contributed by atoms with Gasteiger partial charge in [-0.1, -0.05) is 23.2 Å². The van der Waals surface area contributed by atoms with E-state index in [1.54, 1.807) is 30.3 Å². The van der Waals surface area contributed by atoms with Gasteiger partial charge in [0.2, 0.25) is 0 Å². The number of nitrogen functional groups attached to an aromatic ring is 1. The van der Waals surface area contributed by atoms with Gasteiger partial charge in [-0.05, 0) is 59.7 Å². The van der Waals surface area contributed by atoms with Gasteiger partial charge < -0.3 is 29.7 Å². The molecule has 0 radical (unpaired) electrons. The van der Waals surface area contributed by atoms with Gasteiger partial charge in [0.15, 0.2) is 11.6 Å². The maximum Gasteiger partial charge on any atom is 0.410 e. The molecular weight excluding hydrogens is 584 g/mol. The summed E-state index contributed by atoms with van der Waals surface area (Å²) in [6.45, 7) is 13.2. The quantitative estimate of drug-likeness (QED) is 0.278. The number of hydrogen-bond donors (Lipinski definition) is 1. The number of ether oxygens (including phenoxy) is 3. The molecule has 1 amide bonds. The van der Waals surface area contributed by atoms with Crippen molar-refractivity contribution in [2.24, 2.45) is 0 Å². The fourth-order valence-electron chi connectivity index (χ4n) is 4.73. The zero-order valence-electron chi connectivity index (χ0n) is 24.6. The van der Waals surface area contributed by atoms with E-state index in [-0.39, 0.29) is 33.7 Å². The molecule has 3 heterocycles. The third-order valence-corrected chi connectivity index (χ3v) is 7.42. The van der Waals surface area contributed by atoms with Gasteiger partial charge in [-0.15, -0.1) is 0 Å². The van der Waals surface area contributed by atoms with Gasteiger partial charge in [0.25, 0.3) is 0 Å². The first-order valence-corrected chi connectivity index (χ1v) is 14.5. The van der Waals surface area contributed by atoms with Crippen LogP contribution in [0.4, 0.5) is 20.8 Å². The van der Waals surface area contributed by atoms with Crippen molar-refractivity contribution >= 4 is 40.9 Å². The highest BCUT2D eigenvalue weighted by molar-refractivity contribution is 6.36. The van der Waals surface area contributed by atoms with Crippen LogP contribution in [0.1, 0.15) is 53.2 Å². The smallest absolute Gasteiger partial charge is 0.410 e. The number of aromatic nitrogens is 2. The molecule has 1 fully saturated rings. The molecule has 0 bridgehead atoms. The number of pyridine rings is 2. The topological polar surface area (TPSA) is 103 Å². The molecule has 42 heavy (non-hydrogen) atoms. The molecule has 1 aliphatic heterocycles. The van der Waals surface area contributed by atoms with Crippen LogP contribution in [0.5, 0.6) is 11.5 Å². The number of nitrogens with two attached hydrogens (primary N) is 1. The van der Waals surface area contributed by atoms with Crippen LogP contribution in [0.3, 0.4) is 0 Å². The number of amides is 1. The fourth-order valence-corrected chi connectivity index (χ4v) is 5.41. The Morgan fingerprint density at radius 3 is 2.57 bits per heavy atom. The van der Waals surface area contributed by atoms with Crippen molar-refractivity contribution in [3.8, 4) is 22.6 Å². The summed E-state index contributed by atoms with van der Waals surface area (Å²) in [5, 5.41) is 0.161. The lowest BCUT2D eigenvalue weighted by molar-refractivity contribution is 0.0218. The molecule has 1 unspecified atom stereocenters. The monoisotopic (exact) mass is 619 g/mol. The summed E-state index contributed by atoms with van der Waals surface area (Å²) in [6.07, 6.45) is 2.29. The lowest BCUT2D eigenvalue weighted by Gasteiger charge is -2.40. The van der Waals surface area contributed by atoms with Crippen LogP contribution in [0, 0.1) is 5.82 Å². The predicted molar refractivity (Wildman–Crippen MR) is 163 cm³/mol. The summed E-state index contributed by atoms with van der Waals surface area (Å²) in [7, 11) is 0. The van der Waals surface area contributed by atoms with E-state index in [1.165, 1.54) is 12.1 Å². The molecule has 226 valence electrons. The maximum absolute atomic E-state index is 14.1. The largest absolute Gasteiger partial charge is 0.493 e. The Morgan fingerprint density at radius 1 is 1.17 bits per heavy atom. The van der Waals surface area contributed by atoms with E-state index in [2.05, 4.69) is 9.88 Å². The number of nitrogens with zero attached hydrogens (tertiary/aromatic N) is 4. The Labute approximate surface area is 255 Å². The number of benzene rings is 1. The number of piperazine rings is 1. The first kappa shape index (κ1) is 31.4. The third-order valence-electron chi connectivity index (χ3n) is 6.71. The molecule has 4 rings (SSSR count). The number of hydrogen-bond acceptors (Lipinski definition) is 8. The van der Waals surface area contributed by atoms with Crippen LogP contribution in [-0.2, 0) is 4.74 Å². The third kappa shape index (κ3) is 7.10. The summed E-state index contributed by atoms with van der Waals surface area (Å²) in [5.74, 6) is 1.15. The van der Waals surface area contributed by atoms with Crippen LogP contribution in [-0.4, -0.2) is 58.8 Å². The molecule has 0 aliphatic carbocycles. The summed E-state index contributed by atoms with van der Waals surface area (Å²) in [5.41, 5.74) is 7.24. The first-order valence-electron chi connectivity index (χ1n) is 13.7. The Bertz CT molecular complexity index is 1450. The second kappa shape index (κ2) is 12.8. The standard InChI is InChI=1S/C30H36Cl2FN5O4/c1-7-40-23-13-25(38-11-10-37(16-17(38)2)29(39)42-30(4,5)6)35-15-20(23)19-12-24(28(34)36-14-19)41-18(3)26-21(31)8-9-22(33)27(26)32/h8-9,12-15,17-18H,7,10-11,16H2,1-6H3,(H2,34,36)/t17?,18-/m1/s1. The molecule has 0 saturated carbocycles. The van der Waals surface area contributed by atoms with E-state index in [0.717, 1.165) is 5.82 Å². The maximum atomic E-state index is 14.1. The van der Waals surface area contributed by atoms with Gasteiger partial charge in [0.1, 0.15) is 29.1 Å². The van der Waals surface area contributed by atoms with Crippen molar-refractivity contribution < 1.29 is 23.4 Å². The van der Waals surface area contributed by atoms with Gasteiger partial charge in [-0.3, -0.25) is 0 Å². The van der Waals surface area contributed by atoms with Gasteiger partial charge >= 0.3 is 6.09 Å². The average Bonchev–Trinajstić information content (AvgIpc) is 2.91. The molecule has 1 aliphatic rings. The second-order valence-electron chi connectivity index (χ2n) is 11.1. The number of anilines is 2. The van der Waals surface area contributed by atoms with Crippen LogP contribution >= 0.6 is 23.2 Å².